The van der Waals surface area contributed by atoms with Gasteiger partial charge in [-0.25, -0.2) is 4.68 Å². The molecule has 2 rings (SSSR count). The summed E-state index contributed by atoms with van der Waals surface area (Å²) in [6, 6.07) is 8.01. The molecule has 0 amide bonds. The standard InChI is InChI=1S/C16H23N3O2/c1-4-21-14-7-5-13(6-8-14)9-16-15(11-20)17-18-19(16)10-12(2)3/h5-8,12,20H,4,9-11H2,1-3H3. The van der Waals surface area contributed by atoms with Crippen LogP contribution in [-0.2, 0) is 19.6 Å². The summed E-state index contributed by atoms with van der Waals surface area (Å²) in [5.41, 5.74) is 2.79. The highest BCUT2D eigenvalue weighted by molar-refractivity contribution is 5.30. The van der Waals surface area contributed by atoms with Crippen LogP contribution in [0.1, 0.15) is 37.7 Å². The van der Waals surface area contributed by atoms with Gasteiger partial charge in [0.05, 0.1) is 18.9 Å². The Morgan fingerprint density at radius 2 is 1.95 bits per heavy atom. The summed E-state index contributed by atoms with van der Waals surface area (Å²) in [5.74, 6) is 1.36. The molecular weight excluding hydrogens is 266 g/mol. The number of rotatable bonds is 7. The highest BCUT2D eigenvalue weighted by Gasteiger charge is 2.13. The normalized spacial score (nSPS) is 11.1. The smallest absolute Gasteiger partial charge is 0.119 e. The topological polar surface area (TPSA) is 60.2 Å². The van der Waals surface area contributed by atoms with Gasteiger partial charge in [-0.15, -0.1) is 5.10 Å². The second-order valence-corrected chi connectivity index (χ2v) is 5.47. The molecule has 21 heavy (non-hydrogen) atoms. The van der Waals surface area contributed by atoms with Gasteiger partial charge < -0.3 is 9.84 Å². The quantitative estimate of drug-likeness (QED) is 0.850. The minimum atomic E-state index is -0.0789. The first-order valence-electron chi connectivity index (χ1n) is 7.37. The summed E-state index contributed by atoms with van der Waals surface area (Å²) in [7, 11) is 0. The third-order valence-electron chi connectivity index (χ3n) is 3.21. The van der Waals surface area contributed by atoms with Crippen molar-refractivity contribution in [1.82, 2.24) is 15.0 Å². The van der Waals surface area contributed by atoms with Crippen LogP contribution in [0.4, 0.5) is 0 Å². The molecule has 0 fully saturated rings. The average Bonchev–Trinajstić information content (AvgIpc) is 2.83. The van der Waals surface area contributed by atoms with Gasteiger partial charge in [0.15, 0.2) is 0 Å². The molecule has 0 aliphatic carbocycles. The first-order valence-corrected chi connectivity index (χ1v) is 7.37. The molecule has 0 saturated heterocycles. The Morgan fingerprint density at radius 3 is 2.52 bits per heavy atom. The van der Waals surface area contributed by atoms with Gasteiger partial charge in [-0.1, -0.05) is 31.2 Å². The number of ether oxygens (including phenoxy) is 1. The van der Waals surface area contributed by atoms with Gasteiger partial charge in [-0.2, -0.15) is 0 Å². The molecular formula is C16H23N3O2. The summed E-state index contributed by atoms with van der Waals surface area (Å²) < 4.78 is 7.34. The number of aromatic nitrogens is 3. The van der Waals surface area contributed by atoms with Crippen LogP contribution < -0.4 is 4.74 Å². The third-order valence-corrected chi connectivity index (χ3v) is 3.21. The summed E-state index contributed by atoms with van der Waals surface area (Å²) in [4.78, 5) is 0. The Labute approximate surface area is 125 Å². The average molecular weight is 289 g/mol. The highest BCUT2D eigenvalue weighted by Crippen LogP contribution is 2.17. The van der Waals surface area contributed by atoms with E-state index in [2.05, 4.69) is 24.2 Å². The maximum Gasteiger partial charge on any atom is 0.119 e. The number of hydrogen-bond acceptors (Lipinski definition) is 4. The van der Waals surface area contributed by atoms with Gasteiger partial charge in [0.2, 0.25) is 0 Å². The van der Waals surface area contributed by atoms with Gasteiger partial charge in [-0.3, -0.25) is 0 Å². The van der Waals surface area contributed by atoms with Gasteiger partial charge in [0.1, 0.15) is 11.4 Å². The maximum absolute atomic E-state index is 9.42. The van der Waals surface area contributed by atoms with E-state index < -0.39 is 0 Å². The molecule has 1 N–H and O–H groups in total. The molecule has 0 saturated carbocycles. The van der Waals surface area contributed by atoms with E-state index >= 15 is 0 Å². The molecule has 5 nitrogen and oxygen atoms in total. The minimum Gasteiger partial charge on any atom is -0.494 e. The van der Waals surface area contributed by atoms with E-state index in [1.165, 1.54) is 0 Å². The summed E-state index contributed by atoms with van der Waals surface area (Å²) in [6.07, 6.45) is 0.710. The maximum atomic E-state index is 9.42. The Morgan fingerprint density at radius 1 is 1.24 bits per heavy atom. The summed E-state index contributed by atoms with van der Waals surface area (Å²) in [6.45, 7) is 7.64. The minimum absolute atomic E-state index is 0.0789. The van der Waals surface area contributed by atoms with E-state index in [1.54, 1.807) is 0 Å². The molecule has 114 valence electrons. The van der Waals surface area contributed by atoms with Crippen molar-refractivity contribution in [3.8, 4) is 5.75 Å². The van der Waals surface area contributed by atoms with Crippen molar-refractivity contribution in [2.45, 2.75) is 40.3 Å². The van der Waals surface area contributed by atoms with E-state index in [4.69, 9.17) is 4.74 Å². The van der Waals surface area contributed by atoms with Crippen LogP contribution in [0.2, 0.25) is 0 Å². The van der Waals surface area contributed by atoms with Crippen molar-refractivity contribution in [3.63, 3.8) is 0 Å². The fourth-order valence-electron chi connectivity index (χ4n) is 2.24. The lowest BCUT2D eigenvalue weighted by molar-refractivity contribution is 0.275. The first kappa shape index (κ1) is 15.5. The lowest BCUT2D eigenvalue weighted by atomic mass is 10.1. The van der Waals surface area contributed by atoms with Crippen molar-refractivity contribution >= 4 is 0 Å². The second kappa shape index (κ2) is 7.22. The fourth-order valence-corrected chi connectivity index (χ4v) is 2.24. The largest absolute Gasteiger partial charge is 0.494 e. The molecule has 2 aromatic rings. The number of hydrogen-bond donors (Lipinski definition) is 1. The second-order valence-electron chi connectivity index (χ2n) is 5.47. The zero-order chi connectivity index (χ0) is 15.2. The van der Waals surface area contributed by atoms with Crippen LogP contribution in [0, 0.1) is 5.92 Å². The summed E-state index contributed by atoms with van der Waals surface area (Å²) in [5, 5.41) is 17.6. The fraction of sp³-hybridized carbons (Fsp3) is 0.500. The van der Waals surface area contributed by atoms with Crippen molar-refractivity contribution in [2.75, 3.05) is 6.61 Å². The molecule has 1 heterocycles. The van der Waals surface area contributed by atoms with Crippen LogP contribution in [0.3, 0.4) is 0 Å². The number of aliphatic hydroxyl groups is 1. The van der Waals surface area contributed by atoms with Crippen LogP contribution in [0.5, 0.6) is 5.75 Å². The lowest BCUT2D eigenvalue weighted by Crippen LogP contribution is -2.11. The van der Waals surface area contributed by atoms with E-state index in [1.807, 2.05) is 35.9 Å². The zero-order valence-corrected chi connectivity index (χ0v) is 12.9. The lowest BCUT2D eigenvalue weighted by Gasteiger charge is -2.10. The number of nitrogens with zero attached hydrogens (tertiary/aromatic N) is 3. The molecule has 1 aromatic heterocycles. The third kappa shape index (κ3) is 4.04. The molecule has 0 unspecified atom stereocenters. The van der Waals surface area contributed by atoms with Crippen LogP contribution >= 0.6 is 0 Å². The molecule has 0 bridgehead atoms. The summed E-state index contributed by atoms with van der Waals surface area (Å²) >= 11 is 0. The number of benzene rings is 1. The van der Waals surface area contributed by atoms with Crippen molar-refractivity contribution in [1.29, 1.82) is 0 Å². The molecule has 0 atom stereocenters. The van der Waals surface area contributed by atoms with E-state index in [9.17, 15) is 5.11 Å². The molecule has 0 spiro atoms. The predicted molar refractivity (Wildman–Crippen MR) is 81.2 cm³/mol. The van der Waals surface area contributed by atoms with Crippen molar-refractivity contribution < 1.29 is 9.84 Å². The zero-order valence-electron chi connectivity index (χ0n) is 12.9. The highest BCUT2D eigenvalue weighted by atomic mass is 16.5. The molecule has 5 heteroatoms. The Kier molecular flexibility index (Phi) is 5.33. The Hall–Kier alpha value is -1.88. The SMILES string of the molecule is CCOc1ccc(Cc2c(CO)nnn2CC(C)C)cc1. The monoisotopic (exact) mass is 289 g/mol. The molecule has 0 aliphatic heterocycles. The van der Waals surface area contributed by atoms with Gasteiger partial charge >= 0.3 is 0 Å². The van der Waals surface area contributed by atoms with Crippen LogP contribution in [0.15, 0.2) is 24.3 Å². The van der Waals surface area contributed by atoms with Gasteiger partial charge in [-0.05, 0) is 30.5 Å². The molecule has 0 aliphatic rings. The Bertz CT molecular complexity index is 561. The number of aliphatic hydroxyl groups excluding tert-OH is 1. The van der Waals surface area contributed by atoms with E-state index in [-0.39, 0.29) is 6.61 Å². The van der Waals surface area contributed by atoms with E-state index in [0.717, 1.165) is 23.6 Å². The van der Waals surface area contributed by atoms with Crippen LogP contribution in [-0.4, -0.2) is 26.7 Å². The van der Waals surface area contributed by atoms with E-state index in [0.29, 0.717) is 24.6 Å². The van der Waals surface area contributed by atoms with Crippen LogP contribution in [0.25, 0.3) is 0 Å². The van der Waals surface area contributed by atoms with Crippen molar-refractivity contribution in [2.24, 2.45) is 5.92 Å². The molecule has 0 radical (unpaired) electrons. The first-order chi connectivity index (χ1) is 10.1. The Balaban J connectivity index is 2.19. The van der Waals surface area contributed by atoms with Gasteiger partial charge in [0.25, 0.3) is 0 Å². The van der Waals surface area contributed by atoms with Gasteiger partial charge in [0, 0.05) is 13.0 Å². The predicted octanol–water partition coefficient (Wildman–Crippen LogP) is 2.42. The molecule has 1 aromatic carbocycles. The van der Waals surface area contributed by atoms with Crippen molar-refractivity contribution in [3.05, 3.63) is 41.2 Å².